The fourth-order valence-electron chi connectivity index (χ4n) is 1.87. The summed E-state index contributed by atoms with van der Waals surface area (Å²) in [6, 6.07) is 3.15. The smallest absolute Gasteiger partial charge is 0.317 e. The second-order valence-corrected chi connectivity index (χ2v) is 5.09. The van der Waals surface area contributed by atoms with Gasteiger partial charge in [-0.05, 0) is 38.1 Å². The zero-order valence-electron chi connectivity index (χ0n) is 12.3. The summed E-state index contributed by atoms with van der Waals surface area (Å²) < 4.78 is 13.6. The molecule has 1 atom stereocenters. The van der Waals surface area contributed by atoms with Crippen LogP contribution in [0.25, 0.3) is 0 Å². The van der Waals surface area contributed by atoms with Crippen LogP contribution in [-0.2, 0) is 9.59 Å². The molecule has 8 heteroatoms. The third kappa shape index (κ3) is 6.17. The normalized spacial score (nSPS) is 11.7. The van der Waals surface area contributed by atoms with Crippen molar-refractivity contribution in [1.29, 1.82) is 0 Å². The van der Waals surface area contributed by atoms with Crippen LogP contribution in [0.1, 0.15) is 20.3 Å². The first-order chi connectivity index (χ1) is 9.85. The number of anilines is 1. The molecule has 0 aliphatic rings. The maximum absolute atomic E-state index is 13.6. The van der Waals surface area contributed by atoms with Crippen molar-refractivity contribution in [3.8, 4) is 0 Å². The first-order valence-corrected chi connectivity index (χ1v) is 6.94. The first-order valence-electron chi connectivity index (χ1n) is 6.57. The highest BCUT2D eigenvalue weighted by atomic mass is 35.5. The minimum Gasteiger partial charge on any atom is -0.480 e. The van der Waals surface area contributed by atoms with E-state index < -0.39 is 23.7 Å². The molecule has 1 amide bonds. The lowest BCUT2D eigenvalue weighted by Gasteiger charge is -2.26. The van der Waals surface area contributed by atoms with Crippen molar-refractivity contribution >= 4 is 41.6 Å². The fraction of sp³-hybridized carbons (Fsp3) is 0.429. The summed E-state index contributed by atoms with van der Waals surface area (Å²) in [6.45, 7) is 3.67. The fourth-order valence-corrected chi connectivity index (χ4v) is 2.04. The Kier molecular flexibility index (Phi) is 9.01. The van der Waals surface area contributed by atoms with Crippen LogP contribution in [0.5, 0.6) is 0 Å². The van der Waals surface area contributed by atoms with Crippen molar-refractivity contribution in [1.82, 2.24) is 4.90 Å². The van der Waals surface area contributed by atoms with Gasteiger partial charge < -0.3 is 10.4 Å². The van der Waals surface area contributed by atoms with Crippen molar-refractivity contribution in [2.75, 3.05) is 18.4 Å². The number of nitrogens with zero attached hydrogens (tertiary/aromatic N) is 1. The standard InChI is InChI=1S/C14H18ClFN2O3.ClH/c1-3-6-18(8-13(19)20)9(2)14(21)17-12-7-10(15)4-5-11(12)16;/h4-5,7,9H,3,6,8H2,1-2H3,(H,17,21)(H,19,20);1H. The Bertz CT molecular complexity index is 529. The molecule has 1 rings (SSSR count). The van der Waals surface area contributed by atoms with Crippen LogP contribution in [0.4, 0.5) is 10.1 Å². The van der Waals surface area contributed by atoms with Gasteiger partial charge in [0.05, 0.1) is 18.3 Å². The summed E-state index contributed by atoms with van der Waals surface area (Å²) in [7, 11) is 0. The highest BCUT2D eigenvalue weighted by Gasteiger charge is 2.23. The van der Waals surface area contributed by atoms with Gasteiger partial charge in [-0.1, -0.05) is 18.5 Å². The number of carboxylic acid groups (broad SMARTS) is 1. The van der Waals surface area contributed by atoms with Gasteiger partial charge in [-0.2, -0.15) is 0 Å². The van der Waals surface area contributed by atoms with E-state index in [1.54, 1.807) is 6.92 Å². The minimum absolute atomic E-state index is 0. The topological polar surface area (TPSA) is 69.6 Å². The minimum atomic E-state index is -1.02. The molecule has 124 valence electrons. The zero-order chi connectivity index (χ0) is 16.0. The predicted octanol–water partition coefficient (Wildman–Crippen LogP) is 3.02. The van der Waals surface area contributed by atoms with Crippen LogP contribution in [0.3, 0.4) is 0 Å². The number of rotatable bonds is 7. The Hall–Kier alpha value is -1.37. The van der Waals surface area contributed by atoms with E-state index in [-0.39, 0.29) is 24.6 Å². The number of benzene rings is 1. The number of halogens is 3. The molecular weight excluding hydrogens is 334 g/mol. The molecule has 0 aromatic heterocycles. The van der Waals surface area contributed by atoms with Crippen LogP contribution < -0.4 is 5.32 Å². The van der Waals surface area contributed by atoms with Crippen LogP contribution >= 0.6 is 24.0 Å². The van der Waals surface area contributed by atoms with Gasteiger partial charge in [0.15, 0.2) is 0 Å². The predicted molar refractivity (Wildman–Crippen MR) is 86.2 cm³/mol. The van der Waals surface area contributed by atoms with E-state index in [1.165, 1.54) is 17.0 Å². The first kappa shape index (κ1) is 20.6. The largest absolute Gasteiger partial charge is 0.480 e. The van der Waals surface area contributed by atoms with Crippen molar-refractivity contribution in [3.63, 3.8) is 0 Å². The molecule has 0 aliphatic carbocycles. The average Bonchev–Trinajstić information content (AvgIpc) is 2.41. The average molecular weight is 353 g/mol. The van der Waals surface area contributed by atoms with E-state index in [0.717, 1.165) is 6.07 Å². The lowest BCUT2D eigenvalue weighted by molar-refractivity contribution is -0.139. The van der Waals surface area contributed by atoms with Crippen LogP contribution in [-0.4, -0.2) is 41.0 Å². The van der Waals surface area contributed by atoms with Crippen LogP contribution in [0.15, 0.2) is 18.2 Å². The summed E-state index contributed by atoms with van der Waals surface area (Å²) >= 11 is 5.75. The SMILES string of the molecule is CCCN(CC(=O)O)C(C)C(=O)Nc1cc(Cl)ccc1F.Cl. The van der Waals surface area contributed by atoms with Crippen LogP contribution in [0.2, 0.25) is 5.02 Å². The number of nitrogens with one attached hydrogen (secondary N) is 1. The Labute approximate surface area is 139 Å². The highest BCUT2D eigenvalue weighted by molar-refractivity contribution is 6.30. The van der Waals surface area contributed by atoms with E-state index in [1.807, 2.05) is 6.92 Å². The second kappa shape index (κ2) is 9.61. The Morgan fingerprint density at radius 1 is 1.45 bits per heavy atom. The summed E-state index contributed by atoms with van der Waals surface area (Å²) in [5.41, 5.74) is -0.0221. The maximum atomic E-state index is 13.6. The van der Waals surface area contributed by atoms with E-state index in [4.69, 9.17) is 16.7 Å². The second-order valence-electron chi connectivity index (χ2n) is 4.65. The van der Waals surface area contributed by atoms with Crippen molar-refractivity contribution in [2.24, 2.45) is 0 Å². The number of carboxylic acids is 1. The highest BCUT2D eigenvalue weighted by Crippen LogP contribution is 2.20. The molecular formula is C14H19Cl2FN2O3. The molecule has 1 unspecified atom stereocenters. The monoisotopic (exact) mass is 352 g/mol. The molecule has 0 saturated heterocycles. The number of amides is 1. The molecule has 0 radical (unpaired) electrons. The number of carbonyl (C=O) groups is 2. The summed E-state index contributed by atoms with van der Waals surface area (Å²) in [4.78, 5) is 24.5. The molecule has 0 aliphatic heterocycles. The molecule has 0 bridgehead atoms. The molecule has 1 aromatic rings. The molecule has 5 nitrogen and oxygen atoms in total. The summed E-state index contributed by atoms with van der Waals surface area (Å²) in [6.07, 6.45) is 0.705. The van der Waals surface area contributed by atoms with Gasteiger partial charge in [0, 0.05) is 5.02 Å². The van der Waals surface area contributed by atoms with Crippen molar-refractivity contribution in [3.05, 3.63) is 29.0 Å². The lowest BCUT2D eigenvalue weighted by atomic mass is 10.2. The lowest BCUT2D eigenvalue weighted by Crippen LogP contribution is -2.45. The van der Waals surface area contributed by atoms with Gasteiger partial charge in [0.25, 0.3) is 0 Å². The Morgan fingerprint density at radius 3 is 2.64 bits per heavy atom. The molecule has 0 spiro atoms. The van der Waals surface area contributed by atoms with Crippen LogP contribution in [0, 0.1) is 5.82 Å². The maximum Gasteiger partial charge on any atom is 0.317 e. The van der Waals surface area contributed by atoms with Gasteiger partial charge in [-0.25, -0.2) is 4.39 Å². The molecule has 2 N–H and O–H groups in total. The molecule has 0 heterocycles. The van der Waals surface area contributed by atoms with E-state index in [9.17, 15) is 14.0 Å². The number of hydrogen-bond donors (Lipinski definition) is 2. The van der Waals surface area contributed by atoms with Gasteiger partial charge in [-0.15, -0.1) is 12.4 Å². The van der Waals surface area contributed by atoms with E-state index in [2.05, 4.69) is 5.32 Å². The molecule has 1 aromatic carbocycles. The third-order valence-electron chi connectivity index (χ3n) is 2.96. The Morgan fingerprint density at radius 2 is 2.09 bits per heavy atom. The van der Waals surface area contributed by atoms with Gasteiger partial charge in [0.1, 0.15) is 5.82 Å². The number of hydrogen-bond acceptors (Lipinski definition) is 3. The van der Waals surface area contributed by atoms with Gasteiger partial charge in [0.2, 0.25) is 5.91 Å². The number of aliphatic carboxylic acids is 1. The number of carbonyl (C=O) groups excluding carboxylic acids is 1. The van der Waals surface area contributed by atoms with E-state index >= 15 is 0 Å². The molecule has 0 fully saturated rings. The van der Waals surface area contributed by atoms with E-state index in [0.29, 0.717) is 18.0 Å². The third-order valence-corrected chi connectivity index (χ3v) is 3.20. The Balaban J connectivity index is 0.00000441. The molecule has 22 heavy (non-hydrogen) atoms. The molecule has 0 saturated carbocycles. The summed E-state index contributed by atoms with van der Waals surface area (Å²) in [5, 5.41) is 11.6. The van der Waals surface area contributed by atoms with Gasteiger partial charge in [-0.3, -0.25) is 14.5 Å². The quantitative estimate of drug-likeness (QED) is 0.791. The van der Waals surface area contributed by atoms with Crippen molar-refractivity contribution < 1.29 is 19.1 Å². The zero-order valence-corrected chi connectivity index (χ0v) is 13.9. The van der Waals surface area contributed by atoms with Gasteiger partial charge >= 0.3 is 5.97 Å². The summed E-state index contributed by atoms with van der Waals surface area (Å²) in [5.74, 6) is -2.09. The van der Waals surface area contributed by atoms with Crippen molar-refractivity contribution in [2.45, 2.75) is 26.3 Å².